The molecule has 1 aliphatic rings. The van der Waals surface area contributed by atoms with Crippen molar-refractivity contribution in [1.29, 1.82) is 0 Å². The Morgan fingerprint density at radius 2 is 2.14 bits per heavy atom. The van der Waals surface area contributed by atoms with E-state index in [0.717, 1.165) is 16.5 Å². The summed E-state index contributed by atoms with van der Waals surface area (Å²) in [5, 5.41) is 20.3. The zero-order valence-corrected chi connectivity index (χ0v) is 11.3. The topological polar surface area (TPSA) is 82.6 Å². The molecule has 0 aliphatic carbocycles. The van der Waals surface area contributed by atoms with E-state index in [9.17, 15) is 10.2 Å². The lowest BCUT2D eigenvalue weighted by Gasteiger charge is -2.23. The van der Waals surface area contributed by atoms with Crippen LogP contribution >= 0.6 is 0 Å². The quantitative estimate of drug-likeness (QED) is 0.738. The molecule has 1 fully saturated rings. The number of β-amino-alcohol motifs (C(OH)–C–C–N with tert-alkyl or cyclic N) is 1. The average molecular weight is 285 g/mol. The molecule has 6 nitrogen and oxygen atoms in total. The number of aliphatic hydroxyl groups is 2. The van der Waals surface area contributed by atoms with Crippen LogP contribution in [0.2, 0.25) is 0 Å². The van der Waals surface area contributed by atoms with Crippen LogP contribution < -0.4 is 4.90 Å². The van der Waals surface area contributed by atoms with Crippen molar-refractivity contribution in [2.45, 2.75) is 18.6 Å². The Kier molecular flexibility index (Phi) is 2.80. The lowest BCUT2D eigenvalue weighted by molar-refractivity contribution is 0.184. The molecule has 0 unspecified atom stereocenters. The van der Waals surface area contributed by atoms with Crippen molar-refractivity contribution in [3.63, 3.8) is 0 Å². The van der Waals surface area contributed by atoms with Crippen LogP contribution in [0.4, 0.5) is 5.82 Å². The molecule has 3 aromatic rings. The standard InChI is InChI=1S/C15H15N3O3/c19-7-9-5-10(20)6-18(9)15-14-13(16-8-17-15)11-3-1-2-4-12(11)21-14/h1-4,8-10,19-20H,5-7H2/t9-,10+/m1/s1. The van der Waals surface area contributed by atoms with E-state index in [1.165, 1.54) is 6.33 Å². The van der Waals surface area contributed by atoms with Gasteiger partial charge in [0.15, 0.2) is 11.4 Å². The lowest BCUT2D eigenvalue weighted by Crippen LogP contribution is -2.33. The molecule has 108 valence electrons. The third kappa shape index (κ3) is 1.87. The normalized spacial score (nSPS) is 22.5. The highest BCUT2D eigenvalue weighted by atomic mass is 16.3. The van der Waals surface area contributed by atoms with E-state index in [1.807, 2.05) is 29.2 Å². The van der Waals surface area contributed by atoms with Crippen LogP contribution in [0.3, 0.4) is 0 Å². The van der Waals surface area contributed by atoms with Gasteiger partial charge in [0.2, 0.25) is 0 Å². The van der Waals surface area contributed by atoms with E-state index in [2.05, 4.69) is 9.97 Å². The van der Waals surface area contributed by atoms with Crippen molar-refractivity contribution in [2.75, 3.05) is 18.1 Å². The number of furan rings is 1. The Morgan fingerprint density at radius 3 is 3.00 bits per heavy atom. The van der Waals surface area contributed by atoms with E-state index in [-0.39, 0.29) is 12.6 Å². The van der Waals surface area contributed by atoms with Gasteiger partial charge in [-0.3, -0.25) is 0 Å². The fourth-order valence-corrected chi connectivity index (χ4v) is 3.04. The molecule has 1 aromatic carbocycles. The van der Waals surface area contributed by atoms with Gasteiger partial charge >= 0.3 is 0 Å². The van der Waals surface area contributed by atoms with E-state index in [0.29, 0.717) is 24.4 Å². The summed E-state index contributed by atoms with van der Waals surface area (Å²) in [5.41, 5.74) is 2.12. The van der Waals surface area contributed by atoms with Crippen molar-refractivity contribution < 1.29 is 14.6 Å². The molecule has 6 heteroatoms. The number of para-hydroxylation sites is 1. The fourth-order valence-electron chi connectivity index (χ4n) is 3.04. The molecule has 2 atom stereocenters. The molecule has 0 radical (unpaired) electrons. The Morgan fingerprint density at radius 1 is 1.29 bits per heavy atom. The van der Waals surface area contributed by atoms with Gasteiger partial charge < -0.3 is 19.5 Å². The van der Waals surface area contributed by atoms with Gasteiger partial charge in [-0.15, -0.1) is 0 Å². The largest absolute Gasteiger partial charge is 0.450 e. The summed E-state index contributed by atoms with van der Waals surface area (Å²) in [6.45, 7) is 0.414. The monoisotopic (exact) mass is 285 g/mol. The van der Waals surface area contributed by atoms with Crippen LogP contribution in [-0.2, 0) is 0 Å². The first-order chi connectivity index (χ1) is 10.3. The summed E-state index contributed by atoms with van der Waals surface area (Å²) in [5.74, 6) is 0.631. The minimum absolute atomic E-state index is 0.0250. The molecule has 3 heterocycles. The van der Waals surface area contributed by atoms with Gasteiger partial charge in [-0.25, -0.2) is 9.97 Å². The Bertz CT molecular complexity index is 801. The zero-order valence-electron chi connectivity index (χ0n) is 11.3. The van der Waals surface area contributed by atoms with Gasteiger partial charge in [0.1, 0.15) is 17.4 Å². The van der Waals surface area contributed by atoms with Crippen LogP contribution in [0.5, 0.6) is 0 Å². The molecule has 2 aromatic heterocycles. The minimum atomic E-state index is -0.462. The molecule has 0 saturated carbocycles. The van der Waals surface area contributed by atoms with Crippen molar-refractivity contribution in [3.8, 4) is 0 Å². The van der Waals surface area contributed by atoms with Crippen LogP contribution in [0.25, 0.3) is 22.1 Å². The highest BCUT2D eigenvalue weighted by Crippen LogP contribution is 2.34. The van der Waals surface area contributed by atoms with Crippen molar-refractivity contribution in [1.82, 2.24) is 9.97 Å². The van der Waals surface area contributed by atoms with Crippen molar-refractivity contribution in [3.05, 3.63) is 30.6 Å². The molecule has 0 amide bonds. The molecule has 1 saturated heterocycles. The predicted molar refractivity (Wildman–Crippen MR) is 78.2 cm³/mol. The number of hydrogen-bond donors (Lipinski definition) is 2. The highest BCUT2D eigenvalue weighted by molar-refractivity contribution is 6.05. The second-order valence-electron chi connectivity index (χ2n) is 5.35. The molecule has 0 spiro atoms. The summed E-state index contributed by atoms with van der Waals surface area (Å²) >= 11 is 0. The maximum atomic E-state index is 9.85. The maximum Gasteiger partial charge on any atom is 0.196 e. The SMILES string of the molecule is OC[C@H]1C[C@H](O)CN1c1ncnc2c1oc1ccccc12. The van der Waals surface area contributed by atoms with E-state index in [4.69, 9.17) is 4.42 Å². The third-order valence-corrected chi connectivity index (χ3v) is 4.01. The summed E-state index contributed by atoms with van der Waals surface area (Å²) in [6.07, 6.45) is 1.57. The van der Waals surface area contributed by atoms with Crippen LogP contribution in [-0.4, -0.2) is 45.5 Å². The average Bonchev–Trinajstić information content (AvgIpc) is 3.07. The van der Waals surface area contributed by atoms with Crippen LogP contribution in [0.15, 0.2) is 35.0 Å². The third-order valence-electron chi connectivity index (χ3n) is 4.01. The van der Waals surface area contributed by atoms with Crippen molar-refractivity contribution in [2.24, 2.45) is 0 Å². The minimum Gasteiger partial charge on any atom is -0.450 e. The van der Waals surface area contributed by atoms with Gasteiger partial charge in [-0.2, -0.15) is 0 Å². The maximum absolute atomic E-state index is 9.85. The molecule has 0 bridgehead atoms. The Labute approximate surface area is 120 Å². The highest BCUT2D eigenvalue weighted by Gasteiger charge is 2.33. The van der Waals surface area contributed by atoms with Gasteiger partial charge in [0.25, 0.3) is 0 Å². The van der Waals surface area contributed by atoms with Crippen LogP contribution in [0, 0.1) is 0 Å². The number of aromatic nitrogens is 2. The molecule has 1 aliphatic heterocycles. The number of benzene rings is 1. The number of anilines is 1. The van der Waals surface area contributed by atoms with Crippen molar-refractivity contribution >= 4 is 27.9 Å². The smallest absolute Gasteiger partial charge is 0.196 e. The summed E-state index contributed by atoms with van der Waals surface area (Å²) in [4.78, 5) is 10.5. The number of aliphatic hydroxyl groups excluding tert-OH is 2. The number of fused-ring (bicyclic) bond motifs is 3. The van der Waals surface area contributed by atoms with E-state index in [1.54, 1.807) is 0 Å². The van der Waals surface area contributed by atoms with Crippen LogP contribution in [0.1, 0.15) is 6.42 Å². The predicted octanol–water partition coefficient (Wildman–Crippen LogP) is 1.31. The first kappa shape index (κ1) is 12.6. The van der Waals surface area contributed by atoms with E-state index < -0.39 is 6.10 Å². The second kappa shape index (κ2) is 4.68. The Balaban J connectivity index is 1.93. The van der Waals surface area contributed by atoms with Gasteiger partial charge in [0.05, 0.1) is 18.8 Å². The second-order valence-corrected chi connectivity index (χ2v) is 5.35. The number of hydrogen-bond acceptors (Lipinski definition) is 6. The van der Waals surface area contributed by atoms with E-state index >= 15 is 0 Å². The zero-order chi connectivity index (χ0) is 14.4. The summed E-state index contributed by atoms with van der Waals surface area (Å²) in [7, 11) is 0. The summed E-state index contributed by atoms with van der Waals surface area (Å²) in [6, 6.07) is 7.55. The molecule has 2 N–H and O–H groups in total. The number of rotatable bonds is 2. The first-order valence-corrected chi connectivity index (χ1v) is 6.95. The molecular weight excluding hydrogens is 270 g/mol. The molecule has 21 heavy (non-hydrogen) atoms. The summed E-state index contributed by atoms with van der Waals surface area (Å²) < 4.78 is 5.89. The van der Waals surface area contributed by atoms with Gasteiger partial charge in [-0.05, 0) is 18.6 Å². The molecule has 4 rings (SSSR count). The Hall–Kier alpha value is -2.18. The fraction of sp³-hybridized carbons (Fsp3) is 0.333. The van der Waals surface area contributed by atoms with Gasteiger partial charge in [0, 0.05) is 11.9 Å². The number of nitrogens with zero attached hydrogens (tertiary/aromatic N) is 3. The van der Waals surface area contributed by atoms with Gasteiger partial charge in [-0.1, -0.05) is 12.1 Å². The molecular formula is C15H15N3O3. The lowest BCUT2D eigenvalue weighted by atomic mass is 10.2. The first-order valence-electron chi connectivity index (χ1n) is 6.95.